The summed E-state index contributed by atoms with van der Waals surface area (Å²) in [4.78, 5) is 25.3. The van der Waals surface area contributed by atoms with Gasteiger partial charge in [-0.05, 0) is 25.2 Å². The maximum atomic E-state index is 12.3. The van der Waals surface area contributed by atoms with Crippen molar-refractivity contribution >= 4 is 40.7 Å². The minimum absolute atomic E-state index is 0.316. The predicted molar refractivity (Wildman–Crippen MR) is 96.2 cm³/mol. The summed E-state index contributed by atoms with van der Waals surface area (Å²) < 4.78 is 0. The molecule has 0 spiro atoms. The molecule has 1 amide bonds. The van der Waals surface area contributed by atoms with Crippen LogP contribution in [0.5, 0.6) is 0 Å². The van der Waals surface area contributed by atoms with Gasteiger partial charge in [-0.1, -0.05) is 23.2 Å². The Morgan fingerprint density at radius 2 is 1.79 bits per heavy atom. The van der Waals surface area contributed by atoms with Crippen molar-refractivity contribution in [2.24, 2.45) is 0 Å². The van der Waals surface area contributed by atoms with Gasteiger partial charge in [-0.25, -0.2) is 9.97 Å². The average molecular weight is 366 g/mol. The largest absolute Gasteiger partial charge is 0.338 e. The Morgan fingerprint density at radius 1 is 1.12 bits per heavy atom. The molecule has 126 valence electrons. The van der Waals surface area contributed by atoms with Crippen LogP contribution in [0, 0.1) is 0 Å². The number of nitrogens with zero attached hydrogens (tertiary/aromatic N) is 4. The summed E-state index contributed by atoms with van der Waals surface area (Å²) >= 11 is 11.9. The summed E-state index contributed by atoms with van der Waals surface area (Å²) in [5.41, 5.74) is 0.869. The van der Waals surface area contributed by atoms with Crippen LogP contribution in [-0.4, -0.2) is 54.0 Å². The van der Waals surface area contributed by atoms with Crippen molar-refractivity contribution in [1.29, 1.82) is 0 Å². The molecule has 0 saturated carbocycles. The van der Waals surface area contributed by atoms with Gasteiger partial charge in [0.25, 0.3) is 5.91 Å². The van der Waals surface area contributed by atoms with E-state index in [1.54, 1.807) is 18.2 Å². The molecule has 1 aromatic heterocycles. The summed E-state index contributed by atoms with van der Waals surface area (Å²) in [6, 6.07) is 4.89. The predicted octanol–water partition coefficient (Wildman–Crippen LogP) is 2.79. The fraction of sp³-hybridized carbons (Fsp3) is 0.312. The zero-order valence-corrected chi connectivity index (χ0v) is 14.7. The smallest absolute Gasteiger partial charge is 0.258 e. The second kappa shape index (κ2) is 7.34. The fourth-order valence-corrected chi connectivity index (χ4v) is 2.85. The summed E-state index contributed by atoms with van der Waals surface area (Å²) in [5.74, 6) is 0.327. The van der Waals surface area contributed by atoms with E-state index in [1.165, 1.54) is 12.4 Å². The first-order chi connectivity index (χ1) is 11.5. The molecule has 1 aliphatic heterocycles. The topological polar surface area (TPSA) is 61.4 Å². The lowest BCUT2D eigenvalue weighted by Gasteiger charge is -2.32. The molecular formula is C16H17Cl2N5O. The summed E-state index contributed by atoms with van der Waals surface area (Å²) in [6.07, 6.45) is 3.06. The van der Waals surface area contributed by atoms with Crippen LogP contribution < -0.4 is 10.2 Å². The highest BCUT2D eigenvalue weighted by atomic mass is 35.5. The maximum absolute atomic E-state index is 12.3. The molecule has 1 fully saturated rings. The SMILES string of the molecule is CN1CCN(c2ncc(C(=O)Nc3ccc(Cl)cc3Cl)cn2)CC1. The number of piperazine rings is 1. The van der Waals surface area contributed by atoms with Crippen LogP contribution in [-0.2, 0) is 0 Å². The molecule has 3 rings (SSSR count). The van der Waals surface area contributed by atoms with Gasteiger partial charge in [0, 0.05) is 43.6 Å². The molecule has 2 heterocycles. The molecule has 1 aliphatic rings. The summed E-state index contributed by atoms with van der Waals surface area (Å²) in [5, 5.41) is 3.62. The lowest BCUT2D eigenvalue weighted by atomic mass is 10.2. The zero-order valence-electron chi connectivity index (χ0n) is 13.2. The van der Waals surface area contributed by atoms with Gasteiger partial charge in [0.15, 0.2) is 0 Å². The van der Waals surface area contributed by atoms with Gasteiger partial charge in [-0.15, -0.1) is 0 Å². The standard InChI is InChI=1S/C16H17Cl2N5O/c1-22-4-6-23(7-5-22)16-19-9-11(10-20-16)15(24)21-14-3-2-12(17)8-13(14)18/h2-3,8-10H,4-7H2,1H3,(H,21,24). The van der Waals surface area contributed by atoms with Crippen LogP contribution in [0.25, 0.3) is 0 Å². The van der Waals surface area contributed by atoms with Crippen LogP contribution in [0.15, 0.2) is 30.6 Å². The lowest BCUT2D eigenvalue weighted by Crippen LogP contribution is -2.45. The van der Waals surface area contributed by atoms with Crippen LogP contribution in [0.3, 0.4) is 0 Å². The van der Waals surface area contributed by atoms with Crippen molar-refractivity contribution in [3.63, 3.8) is 0 Å². The van der Waals surface area contributed by atoms with E-state index >= 15 is 0 Å². The van der Waals surface area contributed by atoms with Crippen LogP contribution >= 0.6 is 23.2 Å². The molecule has 1 aromatic carbocycles. The van der Waals surface area contributed by atoms with Gasteiger partial charge in [0.2, 0.25) is 5.95 Å². The molecular weight excluding hydrogens is 349 g/mol. The van der Waals surface area contributed by atoms with Crippen molar-refractivity contribution in [2.45, 2.75) is 0 Å². The van der Waals surface area contributed by atoms with Crippen molar-refractivity contribution < 1.29 is 4.79 Å². The van der Waals surface area contributed by atoms with E-state index in [0.29, 0.717) is 27.2 Å². The number of anilines is 2. The number of carbonyl (C=O) groups is 1. The van der Waals surface area contributed by atoms with Crippen LogP contribution in [0.1, 0.15) is 10.4 Å². The summed E-state index contributed by atoms with van der Waals surface area (Å²) in [6.45, 7) is 3.70. The highest BCUT2D eigenvalue weighted by Crippen LogP contribution is 2.25. The molecule has 0 bridgehead atoms. The highest BCUT2D eigenvalue weighted by Gasteiger charge is 2.17. The van der Waals surface area contributed by atoms with Crippen LogP contribution in [0.4, 0.5) is 11.6 Å². The lowest BCUT2D eigenvalue weighted by molar-refractivity contribution is 0.102. The van der Waals surface area contributed by atoms with Crippen molar-refractivity contribution in [1.82, 2.24) is 14.9 Å². The first-order valence-electron chi connectivity index (χ1n) is 7.55. The second-order valence-electron chi connectivity index (χ2n) is 5.64. The Labute approximate surface area is 150 Å². The quantitative estimate of drug-likeness (QED) is 0.905. The minimum Gasteiger partial charge on any atom is -0.338 e. The third-order valence-corrected chi connectivity index (χ3v) is 4.41. The number of rotatable bonds is 3. The van der Waals surface area contributed by atoms with Gasteiger partial charge in [-0.3, -0.25) is 4.79 Å². The summed E-state index contributed by atoms with van der Waals surface area (Å²) in [7, 11) is 2.09. The Bertz CT molecular complexity index is 730. The molecule has 0 unspecified atom stereocenters. The molecule has 1 N–H and O–H groups in total. The Balaban J connectivity index is 1.67. The Morgan fingerprint density at radius 3 is 2.42 bits per heavy atom. The van der Waals surface area contributed by atoms with Crippen molar-refractivity contribution in [2.75, 3.05) is 43.4 Å². The van der Waals surface area contributed by atoms with E-state index in [0.717, 1.165) is 26.2 Å². The molecule has 0 radical (unpaired) electrons. The van der Waals surface area contributed by atoms with Gasteiger partial charge in [0.1, 0.15) is 0 Å². The first-order valence-corrected chi connectivity index (χ1v) is 8.30. The highest BCUT2D eigenvalue weighted by molar-refractivity contribution is 6.36. The maximum Gasteiger partial charge on any atom is 0.258 e. The van der Waals surface area contributed by atoms with Crippen molar-refractivity contribution in [3.8, 4) is 0 Å². The average Bonchev–Trinajstić information content (AvgIpc) is 2.58. The molecule has 6 nitrogen and oxygen atoms in total. The normalized spacial score (nSPS) is 15.4. The van der Waals surface area contributed by atoms with E-state index < -0.39 is 0 Å². The molecule has 8 heteroatoms. The first kappa shape index (κ1) is 17.0. The number of likely N-dealkylation sites (N-methyl/N-ethyl adjacent to an activating group) is 1. The number of hydrogen-bond acceptors (Lipinski definition) is 5. The van der Waals surface area contributed by atoms with E-state index in [4.69, 9.17) is 23.2 Å². The number of nitrogens with one attached hydrogen (secondary N) is 1. The number of aromatic nitrogens is 2. The van der Waals surface area contributed by atoms with Gasteiger partial charge in [-0.2, -0.15) is 0 Å². The van der Waals surface area contributed by atoms with Gasteiger partial charge >= 0.3 is 0 Å². The Hall–Kier alpha value is -1.89. The Kier molecular flexibility index (Phi) is 5.18. The third kappa shape index (κ3) is 3.95. The fourth-order valence-electron chi connectivity index (χ4n) is 2.39. The van der Waals surface area contributed by atoms with E-state index in [2.05, 4.69) is 32.1 Å². The van der Waals surface area contributed by atoms with E-state index in [-0.39, 0.29) is 5.91 Å². The number of hydrogen-bond donors (Lipinski definition) is 1. The third-order valence-electron chi connectivity index (χ3n) is 3.87. The molecule has 0 atom stereocenters. The molecule has 0 aliphatic carbocycles. The number of carbonyl (C=O) groups excluding carboxylic acids is 1. The van der Waals surface area contributed by atoms with Gasteiger partial charge < -0.3 is 15.1 Å². The molecule has 1 saturated heterocycles. The minimum atomic E-state index is -0.316. The number of halogens is 2. The van der Waals surface area contributed by atoms with E-state index in [1.807, 2.05) is 0 Å². The van der Waals surface area contributed by atoms with E-state index in [9.17, 15) is 4.79 Å². The van der Waals surface area contributed by atoms with Crippen molar-refractivity contribution in [3.05, 3.63) is 46.2 Å². The number of amides is 1. The second-order valence-corrected chi connectivity index (χ2v) is 6.48. The van der Waals surface area contributed by atoms with Crippen LogP contribution in [0.2, 0.25) is 10.0 Å². The molecule has 2 aromatic rings. The molecule has 24 heavy (non-hydrogen) atoms. The number of benzene rings is 1. The van der Waals surface area contributed by atoms with Gasteiger partial charge in [0.05, 0.1) is 16.3 Å². The zero-order chi connectivity index (χ0) is 17.1. The monoisotopic (exact) mass is 365 g/mol.